The molecule has 4 heteroatoms. The number of carboxylic acid groups (broad SMARTS) is 1. The molecule has 4 nitrogen and oxygen atoms in total. The normalized spacial score (nSPS) is 16.2. The predicted molar refractivity (Wildman–Crippen MR) is 76.2 cm³/mol. The average Bonchev–Trinajstić information content (AvgIpc) is 2.26. The van der Waals surface area contributed by atoms with E-state index in [9.17, 15) is 9.90 Å². The van der Waals surface area contributed by atoms with Gasteiger partial charge in [0, 0.05) is 6.61 Å². The molecule has 0 rings (SSSR count). The second-order valence-electron chi connectivity index (χ2n) is 7.05. The molecule has 0 spiro atoms. The summed E-state index contributed by atoms with van der Waals surface area (Å²) < 4.78 is 5.90. The monoisotopic (exact) mass is 274 g/mol. The van der Waals surface area contributed by atoms with Gasteiger partial charge in [0.2, 0.25) is 0 Å². The van der Waals surface area contributed by atoms with Gasteiger partial charge in [0.25, 0.3) is 0 Å². The van der Waals surface area contributed by atoms with E-state index < -0.39 is 11.4 Å². The molecule has 0 aliphatic rings. The van der Waals surface area contributed by atoms with Gasteiger partial charge in [-0.15, -0.1) is 0 Å². The molecule has 0 bridgehead atoms. The third-order valence-electron chi connectivity index (χ3n) is 3.83. The maximum absolute atomic E-state index is 11.2. The first-order chi connectivity index (χ1) is 8.48. The lowest BCUT2D eigenvalue weighted by Crippen LogP contribution is -2.37. The van der Waals surface area contributed by atoms with Gasteiger partial charge >= 0.3 is 5.97 Å². The second kappa shape index (κ2) is 6.71. The summed E-state index contributed by atoms with van der Waals surface area (Å²) in [7, 11) is 0. The van der Waals surface area contributed by atoms with Gasteiger partial charge in [-0.3, -0.25) is 4.79 Å². The number of aliphatic hydroxyl groups is 1. The highest BCUT2D eigenvalue weighted by Crippen LogP contribution is 2.38. The topological polar surface area (TPSA) is 66.8 Å². The Morgan fingerprint density at radius 1 is 1.16 bits per heavy atom. The molecule has 0 amide bonds. The molecule has 0 fully saturated rings. The Kier molecular flexibility index (Phi) is 6.49. The number of aliphatic carboxylic acids is 1. The van der Waals surface area contributed by atoms with E-state index in [-0.39, 0.29) is 17.6 Å². The van der Waals surface area contributed by atoms with Crippen molar-refractivity contribution in [3.05, 3.63) is 0 Å². The first-order valence-electron chi connectivity index (χ1n) is 6.96. The minimum atomic E-state index is -0.776. The first kappa shape index (κ1) is 18.4. The van der Waals surface area contributed by atoms with Gasteiger partial charge < -0.3 is 14.9 Å². The summed E-state index contributed by atoms with van der Waals surface area (Å²) in [5.41, 5.74) is -1.30. The van der Waals surface area contributed by atoms with E-state index in [4.69, 9.17) is 9.84 Å². The molecule has 1 atom stereocenters. The minimum Gasteiger partial charge on any atom is -0.481 e. The summed E-state index contributed by atoms with van der Waals surface area (Å²) >= 11 is 0. The van der Waals surface area contributed by atoms with E-state index >= 15 is 0 Å². The zero-order valence-corrected chi connectivity index (χ0v) is 13.2. The smallest absolute Gasteiger partial charge is 0.309 e. The van der Waals surface area contributed by atoms with Gasteiger partial charge in [0.1, 0.15) is 0 Å². The molecule has 0 aromatic heterocycles. The van der Waals surface area contributed by atoms with E-state index in [2.05, 4.69) is 13.8 Å². The van der Waals surface area contributed by atoms with Crippen LogP contribution in [0, 0.1) is 10.8 Å². The highest BCUT2D eigenvalue weighted by Gasteiger charge is 2.37. The van der Waals surface area contributed by atoms with Crippen LogP contribution in [0.3, 0.4) is 0 Å². The van der Waals surface area contributed by atoms with Crippen molar-refractivity contribution in [1.82, 2.24) is 0 Å². The lowest BCUT2D eigenvalue weighted by molar-refractivity contribution is -0.150. The number of hydrogen-bond donors (Lipinski definition) is 2. The van der Waals surface area contributed by atoms with Crippen LogP contribution in [0.2, 0.25) is 0 Å². The molecule has 0 aromatic carbocycles. The van der Waals surface area contributed by atoms with Crippen LogP contribution in [0.5, 0.6) is 0 Å². The van der Waals surface area contributed by atoms with Crippen molar-refractivity contribution in [2.75, 3.05) is 13.2 Å². The molecular formula is C15H30O4. The van der Waals surface area contributed by atoms with Gasteiger partial charge in [-0.25, -0.2) is 0 Å². The Balaban J connectivity index is 4.67. The van der Waals surface area contributed by atoms with Crippen LogP contribution in [0.25, 0.3) is 0 Å². The third kappa shape index (κ3) is 6.39. The molecular weight excluding hydrogens is 244 g/mol. The molecule has 2 N–H and O–H groups in total. The number of aliphatic hydroxyl groups excluding tert-OH is 1. The number of carbonyl (C=O) groups is 1. The number of rotatable bonds is 9. The number of ether oxygens (including phenoxy) is 1. The van der Waals surface area contributed by atoms with Gasteiger partial charge in [0.15, 0.2) is 0 Å². The lowest BCUT2D eigenvalue weighted by atomic mass is 9.73. The average molecular weight is 274 g/mol. The standard InChI is InChI=1S/C15H30O4/c1-7-15(6,10-13(2,3)12(17)18)11-19-14(4,5)8-9-16/h16H,7-11H2,1-6H3,(H,17,18)/t15-/m0/s1. The first-order valence-corrected chi connectivity index (χ1v) is 6.96. The Bertz CT molecular complexity index is 297. The summed E-state index contributed by atoms with van der Waals surface area (Å²) in [6, 6.07) is 0. The van der Waals surface area contributed by atoms with Gasteiger partial charge in [-0.05, 0) is 52.4 Å². The van der Waals surface area contributed by atoms with Crippen molar-refractivity contribution >= 4 is 5.97 Å². The van der Waals surface area contributed by atoms with E-state index in [0.717, 1.165) is 6.42 Å². The van der Waals surface area contributed by atoms with E-state index in [0.29, 0.717) is 19.4 Å². The fraction of sp³-hybridized carbons (Fsp3) is 0.933. The fourth-order valence-electron chi connectivity index (χ4n) is 2.13. The van der Waals surface area contributed by atoms with Gasteiger partial charge in [-0.2, -0.15) is 0 Å². The minimum absolute atomic E-state index is 0.0937. The van der Waals surface area contributed by atoms with E-state index in [1.165, 1.54) is 0 Å². The third-order valence-corrected chi connectivity index (χ3v) is 3.83. The largest absolute Gasteiger partial charge is 0.481 e. The van der Waals surface area contributed by atoms with Crippen molar-refractivity contribution < 1.29 is 19.7 Å². The summed E-state index contributed by atoms with van der Waals surface area (Å²) in [6.45, 7) is 12.1. The highest BCUT2D eigenvalue weighted by atomic mass is 16.5. The van der Waals surface area contributed by atoms with Crippen LogP contribution in [0.15, 0.2) is 0 Å². The maximum Gasteiger partial charge on any atom is 0.309 e. The van der Waals surface area contributed by atoms with Gasteiger partial charge in [0.05, 0.1) is 17.6 Å². The van der Waals surface area contributed by atoms with Crippen LogP contribution < -0.4 is 0 Å². The quantitative estimate of drug-likeness (QED) is 0.678. The SMILES string of the molecule is CC[C@](C)(COC(C)(C)CCO)CC(C)(C)C(=O)O. The maximum atomic E-state index is 11.2. The summed E-state index contributed by atoms with van der Waals surface area (Å²) in [5, 5.41) is 18.2. The molecule has 0 saturated carbocycles. The summed E-state index contributed by atoms with van der Waals surface area (Å²) in [4.78, 5) is 11.2. The van der Waals surface area contributed by atoms with E-state index in [1.54, 1.807) is 13.8 Å². The van der Waals surface area contributed by atoms with Crippen LogP contribution in [0.1, 0.15) is 60.8 Å². The Morgan fingerprint density at radius 2 is 1.68 bits per heavy atom. The van der Waals surface area contributed by atoms with Crippen molar-refractivity contribution in [1.29, 1.82) is 0 Å². The Hall–Kier alpha value is -0.610. The predicted octanol–water partition coefficient (Wildman–Crippen LogP) is 3.08. The van der Waals surface area contributed by atoms with Crippen molar-refractivity contribution in [3.63, 3.8) is 0 Å². The Labute approximate surface area is 117 Å². The molecule has 0 heterocycles. The lowest BCUT2D eigenvalue weighted by Gasteiger charge is -2.37. The summed E-state index contributed by atoms with van der Waals surface area (Å²) in [5.74, 6) is -0.776. The van der Waals surface area contributed by atoms with Crippen molar-refractivity contribution in [2.45, 2.75) is 66.4 Å². The molecule has 0 aliphatic carbocycles. The van der Waals surface area contributed by atoms with Crippen LogP contribution >= 0.6 is 0 Å². The number of hydrogen-bond acceptors (Lipinski definition) is 3. The molecule has 0 unspecified atom stereocenters. The second-order valence-corrected chi connectivity index (χ2v) is 7.05. The zero-order valence-electron chi connectivity index (χ0n) is 13.2. The summed E-state index contributed by atoms with van der Waals surface area (Å²) in [6.07, 6.45) is 2.01. The molecule has 0 saturated heterocycles. The zero-order chi connectivity index (χ0) is 15.3. The van der Waals surface area contributed by atoms with Gasteiger partial charge in [-0.1, -0.05) is 13.8 Å². The van der Waals surface area contributed by atoms with E-state index in [1.807, 2.05) is 13.8 Å². The molecule has 0 aliphatic heterocycles. The van der Waals surface area contributed by atoms with Crippen LogP contribution in [0.4, 0.5) is 0 Å². The fourth-order valence-corrected chi connectivity index (χ4v) is 2.13. The van der Waals surface area contributed by atoms with Crippen molar-refractivity contribution in [2.24, 2.45) is 10.8 Å². The molecule has 114 valence electrons. The molecule has 0 radical (unpaired) electrons. The molecule has 0 aromatic rings. The van der Waals surface area contributed by atoms with Crippen molar-refractivity contribution in [3.8, 4) is 0 Å². The Morgan fingerprint density at radius 3 is 2.05 bits per heavy atom. The number of carboxylic acids is 1. The van der Waals surface area contributed by atoms with Crippen LogP contribution in [-0.2, 0) is 9.53 Å². The van der Waals surface area contributed by atoms with Crippen LogP contribution in [-0.4, -0.2) is 35.0 Å². The molecule has 19 heavy (non-hydrogen) atoms. The highest BCUT2D eigenvalue weighted by molar-refractivity contribution is 5.73.